The highest BCUT2D eigenvalue weighted by molar-refractivity contribution is 5.93. The maximum Gasteiger partial charge on any atom is 0.252 e. The van der Waals surface area contributed by atoms with E-state index in [-0.39, 0.29) is 17.4 Å². The Morgan fingerprint density at radius 3 is 2.92 bits per heavy atom. The largest absolute Gasteiger partial charge is 0.371 e. The number of nitrogens with zero attached hydrogens (tertiary/aromatic N) is 2. The molecule has 1 N–H and O–H groups in total. The van der Waals surface area contributed by atoms with E-state index in [1.165, 1.54) is 0 Å². The lowest BCUT2D eigenvalue weighted by Gasteiger charge is -2.50. The van der Waals surface area contributed by atoms with Gasteiger partial charge in [-0.25, -0.2) is 0 Å². The molecule has 136 valence electrons. The number of nitrogens with one attached hydrogen (secondary N) is 1. The molecule has 6 nitrogen and oxygen atoms in total. The van der Waals surface area contributed by atoms with Crippen LogP contribution in [-0.4, -0.2) is 53.5 Å². The standard InChI is InChI=1S/C19H27N3O3/c1-14(2)10-17(23)22-12-19(13-22)16(6-9-25-19)5-8-21-18(24)15-4-3-7-20-11-15/h3-4,7,11,14,16H,5-6,8-10,12-13H2,1-2H3,(H,21,24)/t16-/m1/s1. The molecule has 3 rings (SSSR count). The molecule has 2 fully saturated rings. The molecule has 3 heterocycles. The minimum atomic E-state index is -0.189. The number of carbonyl (C=O) groups excluding carboxylic acids is 2. The fourth-order valence-electron chi connectivity index (χ4n) is 3.76. The van der Waals surface area contributed by atoms with Crippen LogP contribution in [0.5, 0.6) is 0 Å². The molecule has 0 bridgehead atoms. The maximum absolute atomic E-state index is 12.2. The molecule has 0 radical (unpaired) electrons. The second-order valence-corrected chi connectivity index (χ2v) is 7.53. The Hall–Kier alpha value is -1.95. The third kappa shape index (κ3) is 4.00. The molecule has 0 aliphatic carbocycles. The van der Waals surface area contributed by atoms with Crippen molar-refractivity contribution in [1.29, 1.82) is 0 Å². The van der Waals surface area contributed by atoms with E-state index in [9.17, 15) is 9.59 Å². The van der Waals surface area contributed by atoms with Gasteiger partial charge in [-0.05, 0) is 36.8 Å². The molecule has 25 heavy (non-hydrogen) atoms. The summed E-state index contributed by atoms with van der Waals surface area (Å²) in [6, 6.07) is 3.51. The fourth-order valence-corrected chi connectivity index (χ4v) is 3.76. The summed E-state index contributed by atoms with van der Waals surface area (Å²) in [4.78, 5) is 30.1. The van der Waals surface area contributed by atoms with Crippen LogP contribution in [0.1, 0.15) is 43.5 Å². The molecule has 0 unspecified atom stereocenters. The molecular weight excluding hydrogens is 318 g/mol. The van der Waals surface area contributed by atoms with Gasteiger partial charge in [0.15, 0.2) is 0 Å². The Balaban J connectivity index is 1.45. The van der Waals surface area contributed by atoms with Crippen LogP contribution in [0.3, 0.4) is 0 Å². The van der Waals surface area contributed by atoms with Crippen LogP contribution >= 0.6 is 0 Å². The van der Waals surface area contributed by atoms with Crippen LogP contribution in [0.4, 0.5) is 0 Å². The highest BCUT2D eigenvalue weighted by atomic mass is 16.5. The Morgan fingerprint density at radius 1 is 1.44 bits per heavy atom. The van der Waals surface area contributed by atoms with E-state index in [1.54, 1.807) is 24.5 Å². The summed E-state index contributed by atoms with van der Waals surface area (Å²) in [6.07, 6.45) is 5.69. The van der Waals surface area contributed by atoms with Crippen LogP contribution < -0.4 is 5.32 Å². The first kappa shape index (κ1) is 17.9. The van der Waals surface area contributed by atoms with E-state index >= 15 is 0 Å². The third-order valence-corrected chi connectivity index (χ3v) is 5.15. The molecule has 1 aromatic heterocycles. The first-order valence-electron chi connectivity index (χ1n) is 9.10. The Bertz CT molecular complexity index is 612. The van der Waals surface area contributed by atoms with E-state index < -0.39 is 0 Å². The van der Waals surface area contributed by atoms with Crippen molar-refractivity contribution in [1.82, 2.24) is 15.2 Å². The lowest BCUT2D eigenvalue weighted by molar-refractivity contribution is -0.166. The summed E-state index contributed by atoms with van der Waals surface area (Å²) >= 11 is 0. The third-order valence-electron chi connectivity index (χ3n) is 5.15. The van der Waals surface area contributed by atoms with Gasteiger partial charge in [-0.1, -0.05) is 13.8 Å². The second-order valence-electron chi connectivity index (χ2n) is 7.53. The number of hydrogen-bond acceptors (Lipinski definition) is 4. The van der Waals surface area contributed by atoms with E-state index in [0.717, 1.165) is 19.4 Å². The van der Waals surface area contributed by atoms with Crippen LogP contribution in [-0.2, 0) is 9.53 Å². The number of rotatable bonds is 6. The molecule has 0 saturated carbocycles. The lowest BCUT2D eigenvalue weighted by atomic mass is 9.78. The van der Waals surface area contributed by atoms with Gasteiger partial charge in [-0.15, -0.1) is 0 Å². The van der Waals surface area contributed by atoms with Gasteiger partial charge in [0.25, 0.3) is 5.91 Å². The molecule has 0 aromatic carbocycles. The Labute approximate surface area is 148 Å². The van der Waals surface area contributed by atoms with Gasteiger partial charge in [0.2, 0.25) is 5.91 Å². The molecule has 6 heteroatoms. The summed E-state index contributed by atoms with van der Waals surface area (Å²) in [6.45, 7) is 6.87. The molecule has 1 spiro atoms. The van der Waals surface area contributed by atoms with E-state index in [2.05, 4.69) is 24.1 Å². The number of ether oxygens (including phenoxy) is 1. The molecule has 1 atom stereocenters. The van der Waals surface area contributed by atoms with Crippen molar-refractivity contribution in [2.75, 3.05) is 26.2 Å². The number of amides is 2. The first-order chi connectivity index (χ1) is 12.0. The van der Waals surface area contributed by atoms with Crippen LogP contribution in [0, 0.1) is 11.8 Å². The zero-order valence-corrected chi connectivity index (χ0v) is 15.0. The van der Waals surface area contributed by atoms with Crippen LogP contribution in [0.25, 0.3) is 0 Å². The van der Waals surface area contributed by atoms with Crippen molar-refractivity contribution in [2.24, 2.45) is 11.8 Å². The number of likely N-dealkylation sites (tertiary alicyclic amines) is 1. The SMILES string of the molecule is CC(C)CC(=O)N1CC2(C1)OCC[C@H]2CCNC(=O)c1cccnc1. The maximum atomic E-state index is 12.2. The normalized spacial score (nSPS) is 21.4. The molecule has 2 aliphatic rings. The topological polar surface area (TPSA) is 71.5 Å². The Kier molecular flexibility index (Phi) is 5.37. The van der Waals surface area contributed by atoms with Crippen LogP contribution in [0.15, 0.2) is 24.5 Å². The van der Waals surface area contributed by atoms with E-state index in [0.29, 0.717) is 43.5 Å². The summed E-state index contributed by atoms with van der Waals surface area (Å²) in [5, 5.41) is 2.96. The average molecular weight is 345 g/mol. The van der Waals surface area contributed by atoms with Crippen molar-refractivity contribution >= 4 is 11.8 Å². The fraction of sp³-hybridized carbons (Fsp3) is 0.632. The number of pyridine rings is 1. The van der Waals surface area contributed by atoms with Crippen molar-refractivity contribution in [3.8, 4) is 0 Å². The number of carbonyl (C=O) groups is 2. The number of hydrogen-bond donors (Lipinski definition) is 1. The minimum absolute atomic E-state index is 0.0941. The minimum Gasteiger partial charge on any atom is -0.371 e. The molecule has 1 aromatic rings. The summed E-state index contributed by atoms with van der Waals surface area (Å²) in [7, 11) is 0. The van der Waals surface area contributed by atoms with Crippen LogP contribution in [0.2, 0.25) is 0 Å². The summed E-state index contributed by atoms with van der Waals surface area (Å²) in [5.74, 6) is 0.903. The van der Waals surface area contributed by atoms with Crippen molar-refractivity contribution in [3.05, 3.63) is 30.1 Å². The molecular formula is C19H27N3O3. The highest BCUT2D eigenvalue weighted by Crippen LogP contribution is 2.41. The van der Waals surface area contributed by atoms with Gasteiger partial charge in [-0.2, -0.15) is 0 Å². The molecule has 2 saturated heterocycles. The van der Waals surface area contributed by atoms with Crippen molar-refractivity contribution in [3.63, 3.8) is 0 Å². The predicted octanol–water partition coefficient (Wildman–Crippen LogP) is 1.87. The van der Waals surface area contributed by atoms with Gasteiger partial charge in [0.05, 0.1) is 18.7 Å². The second kappa shape index (κ2) is 7.52. The lowest BCUT2D eigenvalue weighted by Crippen LogP contribution is -2.66. The molecule has 2 aliphatic heterocycles. The average Bonchev–Trinajstić information content (AvgIpc) is 2.97. The Morgan fingerprint density at radius 2 is 2.24 bits per heavy atom. The van der Waals surface area contributed by atoms with Gasteiger partial charge < -0.3 is 15.0 Å². The monoisotopic (exact) mass is 345 g/mol. The summed E-state index contributed by atoms with van der Waals surface area (Å²) in [5.41, 5.74) is 0.389. The summed E-state index contributed by atoms with van der Waals surface area (Å²) < 4.78 is 6.00. The van der Waals surface area contributed by atoms with E-state index in [4.69, 9.17) is 4.74 Å². The quantitative estimate of drug-likeness (QED) is 0.854. The van der Waals surface area contributed by atoms with Gasteiger partial charge in [-0.3, -0.25) is 14.6 Å². The predicted molar refractivity (Wildman–Crippen MR) is 94.0 cm³/mol. The first-order valence-corrected chi connectivity index (χ1v) is 9.10. The zero-order chi connectivity index (χ0) is 17.9. The van der Waals surface area contributed by atoms with Gasteiger partial charge in [0.1, 0.15) is 5.60 Å². The smallest absolute Gasteiger partial charge is 0.252 e. The van der Waals surface area contributed by atoms with Crippen molar-refractivity contribution < 1.29 is 14.3 Å². The van der Waals surface area contributed by atoms with E-state index in [1.807, 2.05) is 4.90 Å². The van der Waals surface area contributed by atoms with Crippen molar-refractivity contribution in [2.45, 2.75) is 38.7 Å². The van der Waals surface area contributed by atoms with Gasteiger partial charge >= 0.3 is 0 Å². The van der Waals surface area contributed by atoms with Gasteiger partial charge in [0, 0.05) is 32.0 Å². The zero-order valence-electron chi connectivity index (χ0n) is 15.0. The highest BCUT2D eigenvalue weighted by Gasteiger charge is 2.53. The molecule has 2 amide bonds. The number of aromatic nitrogens is 1.